The lowest BCUT2D eigenvalue weighted by atomic mass is 9.70. The van der Waals surface area contributed by atoms with Crippen LogP contribution in [-0.2, 0) is 52.5 Å². The van der Waals surface area contributed by atoms with Crippen molar-refractivity contribution in [2.75, 3.05) is 62.7 Å². The highest BCUT2D eigenvalue weighted by Gasteiger charge is 2.45. The Hall–Kier alpha value is -10.2. The Morgan fingerprint density at radius 2 is 0.546 bits per heavy atom. The Morgan fingerprint density at radius 3 is 0.808 bits per heavy atom. The van der Waals surface area contributed by atoms with Crippen molar-refractivity contribution in [2.45, 2.75) is 272 Å². The van der Waals surface area contributed by atoms with Crippen LogP contribution in [-0.4, -0.2) is 64.8 Å². The fourth-order valence-electron chi connectivity index (χ4n) is 21.0. The molecule has 682 valence electrons. The summed E-state index contributed by atoms with van der Waals surface area (Å²) in [6.45, 7) is 23.8. The van der Waals surface area contributed by atoms with Gasteiger partial charge < -0.3 is 38.2 Å². The second-order valence-corrected chi connectivity index (χ2v) is 38.2. The number of benzene rings is 11. The molecule has 11 aromatic carbocycles. The van der Waals surface area contributed by atoms with Crippen molar-refractivity contribution in [3.63, 3.8) is 0 Å². The molecule has 0 bridgehead atoms. The Bertz CT molecular complexity index is 5090. The summed E-state index contributed by atoms with van der Waals surface area (Å²) in [7, 11) is 0. The van der Waals surface area contributed by atoms with Crippen LogP contribution in [0.1, 0.15) is 302 Å². The lowest BCUT2D eigenvalue weighted by Gasteiger charge is -2.40. The minimum atomic E-state index is -0.368. The van der Waals surface area contributed by atoms with Gasteiger partial charge in [0.2, 0.25) is 0 Å². The zero-order valence-corrected chi connectivity index (χ0v) is 79.5. The van der Waals surface area contributed by atoms with Gasteiger partial charge in [-0.1, -0.05) is 329 Å². The van der Waals surface area contributed by atoms with Gasteiger partial charge in [0.25, 0.3) is 0 Å². The first-order valence-electron chi connectivity index (χ1n) is 50.4. The Balaban J connectivity index is 0.754. The summed E-state index contributed by atoms with van der Waals surface area (Å²) in [5.41, 5.74) is 29.7. The predicted molar refractivity (Wildman–Crippen MR) is 540 cm³/mol. The molecule has 0 N–H and O–H groups in total. The molecule has 11 aromatic rings. The van der Waals surface area contributed by atoms with Crippen LogP contribution in [0.3, 0.4) is 0 Å². The van der Waals surface area contributed by atoms with E-state index in [2.05, 4.69) is 258 Å². The van der Waals surface area contributed by atoms with Gasteiger partial charge in [0.1, 0.15) is 0 Å². The van der Waals surface area contributed by atoms with Crippen LogP contribution in [0.2, 0.25) is 0 Å². The number of esters is 2. The maximum Gasteiger partial charge on any atom is 0.338 e. The number of carbonyl (C=O) groups excluding carboxylic acids is 2. The number of fused-ring (bicyclic) bond motifs is 6. The molecule has 4 aliphatic rings. The summed E-state index contributed by atoms with van der Waals surface area (Å²) >= 11 is 0. The highest BCUT2D eigenvalue weighted by atomic mass is 16.5. The molecular formula is C120H144N2O8. The zero-order chi connectivity index (χ0) is 90.1. The third-order valence-corrected chi connectivity index (χ3v) is 29.1. The van der Waals surface area contributed by atoms with Gasteiger partial charge >= 0.3 is 11.9 Å². The summed E-state index contributed by atoms with van der Waals surface area (Å²) in [6, 6.07) is 90.1. The summed E-state index contributed by atoms with van der Waals surface area (Å²) in [5.74, 6) is -0.735. The van der Waals surface area contributed by atoms with Gasteiger partial charge in [-0.15, -0.1) is 0 Å². The van der Waals surface area contributed by atoms with Crippen molar-refractivity contribution < 1.29 is 38.0 Å². The fourth-order valence-corrected chi connectivity index (χ4v) is 21.0. The fraction of sp³-hybridized carbons (Fsp3) is 0.433. The van der Waals surface area contributed by atoms with Crippen LogP contribution in [0.15, 0.2) is 243 Å². The number of anilines is 6. The van der Waals surface area contributed by atoms with Crippen LogP contribution < -0.4 is 9.80 Å². The first kappa shape index (κ1) is 94.4. The maximum atomic E-state index is 13.7. The Morgan fingerprint density at radius 1 is 0.285 bits per heavy atom. The summed E-state index contributed by atoms with van der Waals surface area (Å²) in [6.07, 6.45) is 36.6. The highest BCUT2D eigenvalue weighted by Crippen LogP contribution is 2.59. The van der Waals surface area contributed by atoms with E-state index in [1.165, 1.54) is 243 Å². The van der Waals surface area contributed by atoms with Crippen LogP contribution in [0.5, 0.6) is 0 Å². The third-order valence-electron chi connectivity index (χ3n) is 29.1. The van der Waals surface area contributed by atoms with E-state index in [-0.39, 0.29) is 46.8 Å². The molecule has 2 saturated heterocycles. The van der Waals surface area contributed by atoms with Gasteiger partial charge in [-0.25, -0.2) is 9.59 Å². The number of nitrogens with zero attached hydrogens (tertiary/aromatic N) is 2. The topological polar surface area (TPSA) is 96.0 Å². The standard InChI is InChI=1S/C120H144N2O8/c1-9-17-21-25-29-33-71-119(72-34-30-26-22-18-10-2)111-77-95(91-47-43-89(44-48-91)81-125-83-117(13-5)85-127-86-117)55-67-107(111)109-69-57-97(79-113(109)119)93-51-59-101(60-52-93)121(105-41-37-39-99(75-105)115(123)129-15-7)103-63-65-104(66-64-103)122(106-42-38-40-100(76-106)116(124)130-16-8)102-61-53-94(54-62-102)98-58-70-110-108-68-56-96(92-49-45-90(46-50-92)82-126-84-118(14-6)87-128-88-118)78-112(108)120(114(110)80-98,73-35-31-27-23-19-11-3)74-36-32-28-24-20-12-4/h37-70,75-80H,9-36,71-74,81-88H2,1-8H3. The van der Waals surface area contributed by atoms with Crippen molar-refractivity contribution in [3.8, 4) is 66.8 Å². The molecule has 0 unspecified atom stereocenters. The number of hydrogen-bond acceptors (Lipinski definition) is 10. The number of hydrogen-bond donors (Lipinski definition) is 0. The van der Waals surface area contributed by atoms with E-state index in [0.29, 0.717) is 24.3 Å². The average Bonchev–Trinajstić information content (AvgIpc) is 1.56. The monoisotopic (exact) mass is 1740 g/mol. The third kappa shape index (κ3) is 22.1. The van der Waals surface area contributed by atoms with E-state index in [1.807, 2.05) is 50.2 Å². The molecule has 130 heavy (non-hydrogen) atoms. The molecule has 15 rings (SSSR count). The molecule has 10 nitrogen and oxygen atoms in total. The zero-order valence-electron chi connectivity index (χ0n) is 79.5. The molecular weight excluding hydrogens is 1600 g/mol. The normalized spacial score (nSPS) is 14.5. The molecule has 0 radical (unpaired) electrons. The highest BCUT2D eigenvalue weighted by molar-refractivity contribution is 5.95. The first-order valence-corrected chi connectivity index (χ1v) is 50.4. The van der Waals surface area contributed by atoms with Crippen molar-refractivity contribution in [3.05, 3.63) is 287 Å². The van der Waals surface area contributed by atoms with E-state index in [9.17, 15) is 9.59 Å². The number of rotatable bonds is 52. The second-order valence-electron chi connectivity index (χ2n) is 38.2. The van der Waals surface area contributed by atoms with Gasteiger partial charge in [-0.3, -0.25) is 0 Å². The molecule has 2 aliphatic carbocycles. The average molecular weight is 1740 g/mol. The molecule has 0 spiro atoms. The molecule has 0 saturated carbocycles. The molecule has 2 fully saturated rings. The number of ether oxygens (including phenoxy) is 6. The summed E-state index contributed by atoms with van der Waals surface area (Å²) < 4.78 is 35.2. The molecule has 0 amide bonds. The SMILES string of the molecule is CCCCCCCCC1(CCCCCCCC)c2cc(-c3ccc(COCC4(CC)COC4)cc3)ccc2-c2ccc(-c3ccc(N(c4ccc(N(c5ccc(-c6ccc7c(c6)C(CCCCCCCC)(CCCCCCCC)c6cc(-c8ccc(COCC9(CC)COC9)cc8)ccc6-7)cc5)c5cccc(C(=O)OCC)c5)cc4)c4cccc(C(=O)OCC)c4)cc3)cc21. The molecule has 10 heteroatoms. The Kier molecular flexibility index (Phi) is 33.2. The maximum absolute atomic E-state index is 13.7. The van der Waals surface area contributed by atoms with Gasteiger partial charge in [-0.05, 0) is 262 Å². The van der Waals surface area contributed by atoms with Crippen LogP contribution >= 0.6 is 0 Å². The first-order chi connectivity index (χ1) is 63.8. The largest absolute Gasteiger partial charge is 0.462 e. The van der Waals surface area contributed by atoms with Crippen molar-refractivity contribution in [1.29, 1.82) is 0 Å². The van der Waals surface area contributed by atoms with Crippen LogP contribution in [0.25, 0.3) is 66.8 Å². The number of unbranched alkanes of at least 4 members (excludes halogenated alkanes) is 20. The van der Waals surface area contributed by atoms with Gasteiger partial charge in [0.05, 0.1) is 77.2 Å². The molecule has 0 atom stereocenters. The minimum absolute atomic E-state index is 0.149. The van der Waals surface area contributed by atoms with E-state index < -0.39 is 0 Å². The van der Waals surface area contributed by atoms with Crippen LogP contribution in [0.4, 0.5) is 34.1 Å². The summed E-state index contributed by atoms with van der Waals surface area (Å²) in [5, 5.41) is 0. The van der Waals surface area contributed by atoms with Crippen molar-refractivity contribution in [2.24, 2.45) is 10.8 Å². The number of carbonyl (C=O) groups is 2. The lowest BCUT2D eigenvalue weighted by molar-refractivity contribution is -0.152. The van der Waals surface area contributed by atoms with Crippen LogP contribution in [0, 0.1) is 10.8 Å². The van der Waals surface area contributed by atoms with E-state index >= 15 is 0 Å². The lowest BCUT2D eigenvalue weighted by Crippen LogP contribution is -2.45. The second kappa shape index (κ2) is 45.8. The quantitative estimate of drug-likeness (QED) is 0.0271. The molecule has 2 aliphatic heterocycles. The van der Waals surface area contributed by atoms with Gasteiger partial charge in [0.15, 0.2) is 0 Å². The van der Waals surface area contributed by atoms with Crippen molar-refractivity contribution in [1.82, 2.24) is 0 Å². The predicted octanol–water partition coefficient (Wildman–Crippen LogP) is 33.1. The van der Waals surface area contributed by atoms with Gasteiger partial charge in [0, 0.05) is 55.8 Å². The van der Waals surface area contributed by atoms with E-state index in [0.717, 1.165) is 123 Å². The Labute approximate surface area is 778 Å². The molecule has 0 aromatic heterocycles. The summed E-state index contributed by atoms with van der Waals surface area (Å²) in [4.78, 5) is 32.0. The molecule has 2 heterocycles. The van der Waals surface area contributed by atoms with Crippen molar-refractivity contribution >= 4 is 46.1 Å². The minimum Gasteiger partial charge on any atom is -0.462 e. The smallest absolute Gasteiger partial charge is 0.338 e. The van der Waals surface area contributed by atoms with Gasteiger partial charge in [-0.2, -0.15) is 0 Å². The van der Waals surface area contributed by atoms with E-state index in [4.69, 9.17) is 28.4 Å². The van der Waals surface area contributed by atoms with E-state index in [1.54, 1.807) is 0 Å².